The third-order valence-electron chi connectivity index (χ3n) is 4.07. The second kappa shape index (κ2) is 6.36. The summed E-state index contributed by atoms with van der Waals surface area (Å²) in [6.45, 7) is 4.33. The van der Waals surface area contributed by atoms with Crippen LogP contribution in [0.4, 0.5) is 0 Å². The van der Waals surface area contributed by atoms with Crippen LogP contribution < -0.4 is 0 Å². The lowest BCUT2D eigenvalue weighted by molar-refractivity contribution is -0.134. The number of hydrogen-bond acceptors (Lipinski definition) is 4. The Kier molecular flexibility index (Phi) is 4.50. The van der Waals surface area contributed by atoms with Crippen LogP contribution in [-0.4, -0.2) is 33.6 Å². The minimum Gasteiger partial charge on any atom is -0.337 e. The van der Waals surface area contributed by atoms with Crippen molar-refractivity contribution in [2.24, 2.45) is 0 Å². The molecule has 1 aromatic heterocycles. The maximum Gasteiger partial charge on any atom is 0.233 e. The summed E-state index contributed by atoms with van der Waals surface area (Å²) in [5.74, 6) is 0.744. The van der Waals surface area contributed by atoms with E-state index in [1.807, 2.05) is 18.2 Å². The Morgan fingerprint density at radius 2 is 2.05 bits per heavy atom. The van der Waals surface area contributed by atoms with E-state index in [-0.39, 0.29) is 5.91 Å². The highest BCUT2D eigenvalue weighted by atomic mass is 32.2. The van der Waals surface area contributed by atoms with E-state index in [4.69, 9.17) is 0 Å². The first-order valence-corrected chi connectivity index (χ1v) is 9.25. The van der Waals surface area contributed by atoms with Crippen LogP contribution in [0.2, 0.25) is 0 Å². The minimum atomic E-state index is 0.249. The Balaban J connectivity index is 1.65. The van der Waals surface area contributed by atoms with Gasteiger partial charge < -0.3 is 4.90 Å². The monoisotopic (exact) mass is 320 g/mol. The van der Waals surface area contributed by atoms with E-state index in [2.05, 4.69) is 29.8 Å². The van der Waals surface area contributed by atoms with Crippen LogP contribution in [0.1, 0.15) is 33.1 Å². The van der Waals surface area contributed by atoms with Gasteiger partial charge in [-0.15, -0.1) is 11.3 Å². The Labute approximate surface area is 133 Å². The summed E-state index contributed by atoms with van der Waals surface area (Å²) >= 11 is 3.24. The smallest absolute Gasteiger partial charge is 0.233 e. The molecule has 0 aliphatic carbocycles. The van der Waals surface area contributed by atoms with Crippen LogP contribution in [0, 0.1) is 0 Å². The minimum absolute atomic E-state index is 0.249. The summed E-state index contributed by atoms with van der Waals surface area (Å²) in [5.41, 5.74) is 1.03. The second-order valence-electron chi connectivity index (χ2n) is 5.67. The van der Waals surface area contributed by atoms with Gasteiger partial charge in [-0.05, 0) is 45.2 Å². The molecule has 21 heavy (non-hydrogen) atoms. The molecule has 1 aliphatic rings. The molecule has 2 atom stereocenters. The van der Waals surface area contributed by atoms with Gasteiger partial charge in [0, 0.05) is 12.1 Å². The van der Waals surface area contributed by atoms with Crippen molar-refractivity contribution < 1.29 is 4.79 Å². The quantitative estimate of drug-likeness (QED) is 0.796. The van der Waals surface area contributed by atoms with Crippen LogP contribution >= 0.6 is 23.1 Å². The van der Waals surface area contributed by atoms with Crippen LogP contribution in [0.25, 0.3) is 10.2 Å². The first-order valence-electron chi connectivity index (χ1n) is 7.44. The van der Waals surface area contributed by atoms with E-state index >= 15 is 0 Å². The Morgan fingerprint density at radius 3 is 2.76 bits per heavy atom. The van der Waals surface area contributed by atoms with Gasteiger partial charge in [-0.1, -0.05) is 23.9 Å². The average Bonchev–Trinajstić information content (AvgIpc) is 2.87. The lowest BCUT2D eigenvalue weighted by atomic mass is 9.98. The van der Waals surface area contributed by atoms with Crippen molar-refractivity contribution in [3.05, 3.63) is 24.3 Å². The van der Waals surface area contributed by atoms with Crippen molar-refractivity contribution in [2.45, 2.75) is 49.5 Å². The summed E-state index contributed by atoms with van der Waals surface area (Å²) in [5, 5.41) is 0. The van der Waals surface area contributed by atoms with Gasteiger partial charge in [0.25, 0.3) is 0 Å². The summed E-state index contributed by atoms with van der Waals surface area (Å²) in [7, 11) is 0. The molecular formula is C16H20N2OS2. The zero-order valence-electron chi connectivity index (χ0n) is 12.4. The molecule has 1 amide bonds. The fourth-order valence-electron chi connectivity index (χ4n) is 3.02. The van der Waals surface area contributed by atoms with Gasteiger partial charge in [-0.3, -0.25) is 4.79 Å². The summed E-state index contributed by atoms with van der Waals surface area (Å²) in [6.07, 6.45) is 3.49. The number of hydrogen-bond donors (Lipinski definition) is 0. The highest BCUT2D eigenvalue weighted by Crippen LogP contribution is 2.30. The third-order valence-corrected chi connectivity index (χ3v) is 6.24. The van der Waals surface area contributed by atoms with E-state index in [9.17, 15) is 4.79 Å². The summed E-state index contributed by atoms with van der Waals surface area (Å²) in [6, 6.07) is 8.87. The zero-order valence-corrected chi connectivity index (χ0v) is 14.0. The number of rotatable bonds is 3. The molecule has 2 heterocycles. The van der Waals surface area contributed by atoms with E-state index in [1.165, 1.54) is 11.1 Å². The van der Waals surface area contributed by atoms with E-state index in [1.54, 1.807) is 23.1 Å². The molecule has 1 fully saturated rings. The normalized spacial score (nSPS) is 22.7. The summed E-state index contributed by atoms with van der Waals surface area (Å²) in [4.78, 5) is 19.1. The zero-order chi connectivity index (χ0) is 14.8. The number of carbonyl (C=O) groups excluding carboxylic acids is 1. The molecule has 3 nitrogen and oxygen atoms in total. The number of thiazole rings is 1. The van der Waals surface area contributed by atoms with Crippen molar-refractivity contribution in [1.29, 1.82) is 0 Å². The standard InChI is InChI=1S/C16H20N2OS2/c1-11-6-5-7-12(2)18(11)15(19)10-20-16-17-13-8-3-4-9-14(13)21-16/h3-4,8-9,11-12H,5-7,10H2,1-2H3/t11-,12+. The molecule has 0 N–H and O–H groups in total. The van der Waals surface area contributed by atoms with Gasteiger partial charge >= 0.3 is 0 Å². The molecular weight excluding hydrogens is 300 g/mol. The van der Waals surface area contributed by atoms with Crippen LogP contribution in [0.3, 0.4) is 0 Å². The molecule has 0 spiro atoms. The molecule has 0 unspecified atom stereocenters. The lowest BCUT2D eigenvalue weighted by Gasteiger charge is -2.39. The number of amides is 1. The van der Waals surface area contributed by atoms with Crippen LogP contribution in [-0.2, 0) is 4.79 Å². The first kappa shape index (κ1) is 14.9. The molecule has 0 radical (unpaired) electrons. The predicted molar refractivity (Wildman–Crippen MR) is 90.0 cm³/mol. The molecule has 1 aliphatic heterocycles. The van der Waals surface area contributed by atoms with Gasteiger partial charge in [0.1, 0.15) is 0 Å². The number of para-hydroxylation sites is 1. The average molecular weight is 320 g/mol. The largest absolute Gasteiger partial charge is 0.337 e. The number of piperidine rings is 1. The lowest BCUT2D eigenvalue weighted by Crippen LogP contribution is -2.48. The second-order valence-corrected chi connectivity index (χ2v) is 7.92. The van der Waals surface area contributed by atoms with Gasteiger partial charge in [0.2, 0.25) is 5.91 Å². The molecule has 112 valence electrons. The number of aromatic nitrogens is 1. The number of thioether (sulfide) groups is 1. The van der Waals surface area contributed by atoms with Crippen molar-refractivity contribution in [3.8, 4) is 0 Å². The van der Waals surface area contributed by atoms with E-state index < -0.39 is 0 Å². The number of fused-ring (bicyclic) bond motifs is 1. The number of nitrogens with zero attached hydrogens (tertiary/aromatic N) is 2. The number of carbonyl (C=O) groups is 1. The fourth-order valence-corrected chi connectivity index (χ4v) is 4.96. The van der Waals surface area contributed by atoms with Crippen molar-refractivity contribution in [1.82, 2.24) is 9.88 Å². The fraction of sp³-hybridized carbons (Fsp3) is 0.500. The number of benzene rings is 1. The van der Waals surface area contributed by atoms with Crippen molar-refractivity contribution in [3.63, 3.8) is 0 Å². The molecule has 1 aromatic carbocycles. The molecule has 0 bridgehead atoms. The third kappa shape index (κ3) is 3.24. The topological polar surface area (TPSA) is 33.2 Å². The molecule has 5 heteroatoms. The van der Waals surface area contributed by atoms with Gasteiger partial charge in [0.15, 0.2) is 4.34 Å². The highest BCUT2D eigenvalue weighted by Gasteiger charge is 2.28. The van der Waals surface area contributed by atoms with E-state index in [0.29, 0.717) is 17.8 Å². The predicted octanol–water partition coefficient (Wildman–Crippen LogP) is 4.18. The molecule has 1 saturated heterocycles. The van der Waals surface area contributed by atoms with Crippen LogP contribution in [0.5, 0.6) is 0 Å². The van der Waals surface area contributed by atoms with Gasteiger partial charge in [-0.2, -0.15) is 0 Å². The highest BCUT2D eigenvalue weighted by molar-refractivity contribution is 8.01. The maximum atomic E-state index is 12.5. The molecule has 0 saturated carbocycles. The van der Waals surface area contributed by atoms with Crippen molar-refractivity contribution in [2.75, 3.05) is 5.75 Å². The number of likely N-dealkylation sites (tertiary alicyclic amines) is 1. The Hall–Kier alpha value is -1.07. The molecule has 3 rings (SSSR count). The first-order chi connectivity index (χ1) is 10.1. The maximum absolute atomic E-state index is 12.5. The van der Waals surface area contributed by atoms with Gasteiger partial charge in [-0.25, -0.2) is 4.98 Å². The van der Waals surface area contributed by atoms with Gasteiger partial charge in [0.05, 0.1) is 16.0 Å². The summed E-state index contributed by atoms with van der Waals surface area (Å²) < 4.78 is 2.18. The SMILES string of the molecule is C[C@@H]1CCC[C@H](C)N1C(=O)CSc1nc2ccccc2s1. The van der Waals surface area contributed by atoms with Crippen LogP contribution in [0.15, 0.2) is 28.6 Å². The Morgan fingerprint density at radius 1 is 1.33 bits per heavy atom. The molecule has 2 aromatic rings. The van der Waals surface area contributed by atoms with Crippen molar-refractivity contribution >= 4 is 39.2 Å². The van der Waals surface area contributed by atoms with E-state index in [0.717, 1.165) is 22.7 Å². The Bertz CT molecular complexity index is 597.